The zero-order chi connectivity index (χ0) is 19.6. The Morgan fingerprint density at radius 2 is 2.33 bits per heavy atom. The monoisotopic (exact) mass is 410 g/mol. The molecular formula is C17H22N4O4S2. The lowest BCUT2D eigenvalue weighted by Crippen LogP contribution is -2.40. The molecule has 3 heterocycles. The van der Waals surface area contributed by atoms with Gasteiger partial charge < -0.3 is 9.73 Å². The Bertz CT molecular complexity index is 948. The second-order valence-corrected chi connectivity index (χ2v) is 10.0. The minimum atomic E-state index is -3.03. The number of carbonyl (C=O) groups is 1. The number of thioether (sulfide) groups is 1. The lowest BCUT2D eigenvalue weighted by Gasteiger charge is -2.15. The Kier molecular flexibility index (Phi) is 5.75. The number of sulfone groups is 1. The normalized spacial score (nSPS) is 19.7. The highest BCUT2D eigenvalue weighted by molar-refractivity contribution is 8.00. The summed E-state index contributed by atoms with van der Waals surface area (Å²) in [5, 5.41) is 11.4. The number of carbonyl (C=O) groups excluding carboxylic acids is 1. The molecule has 0 spiro atoms. The highest BCUT2D eigenvalue weighted by Gasteiger charge is 2.30. The maximum absolute atomic E-state index is 12.5. The standard InChI is InChI=1S/C17H22N4O4S2/c1-4-7-21-15(14-5-8-25-11(14)2)19-20-17(21)26-12(3)16(22)18-13-6-9-27(23,24)10-13/h4-5,8,12-13H,1,6-7,9-10H2,2-3H3,(H,18,22)/t12-,13-/m1/s1. The molecule has 1 saturated heterocycles. The highest BCUT2D eigenvalue weighted by atomic mass is 32.2. The molecule has 8 nitrogen and oxygen atoms in total. The Morgan fingerprint density at radius 1 is 1.56 bits per heavy atom. The molecular weight excluding hydrogens is 388 g/mol. The number of nitrogens with zero attached hydrogens (tertiary/aromatic N) is 3. The van der Waals surface area contributed by atoms with Crippen LogP contribution in [0.25, 0.3) is 11.4 Å². The number of aromatic nitrogens is 3. The van der Waals surface area contributed by atoms with Crippen molar-refractivity contribution in [3.63, 3.8) is 0 Å². The average Bonchev–Trinajstić information content (AvgIpc) is 3.28. The van der Waals surface area contributed by atoms with Crippen LogP contribution in [0, 0.1) is 6.92 Å². The van der Waals surface area contributed by atoms with Crippen LogP contribution in [0.3, 0.4) is 0 Å². The fourth-order valence-electron chi connectivity index (χ4n) is 2.92. The maximum atomic E-state index is 12.5. The summed E-state index contributed by atoms with van der Waals surface area (Å²) in [6, 6.07) is 1.50. The number of nitrogens with one attached hydrogen (secondary N) is 1. The molecule has 1 aliphatic heterocycles. The molecule has 0 aliphatic carbocycles. The van der Waals surface area contributed by atoms with Gasteiger partial charge in [0.1, 0.15) is 5.76 Å². The van der Waals surface area contributed by atoms with Crippen LogP contribution in [0.5, 0.6) is 0 Å². The topological polar surface area (TPSA) is 107 Å². The number of aryl methyl sites for hydroxylation is 1. The first-order chi connectivity index (χ1) is 12.8. The van der Waals surface area contributed by atoms with Crippen LogP contribution in [0.2, 0.25) is 0 Å². The fraction of sp³-hybridized carbons (Fsp3) is 0.471. The van der Waals surface area contributed by atoms with Gasteiger partial charge in [0, 0.05) is 12.6 Å². The van der Waals surface area contributed by atoms with E-state index in [1.807, 2.05) is 17.6 Å². The van der Waals surface area contributed by atoms with E-state index >= 15 is 0 Å². The van der Waals surface area contributed by atoms with Crippen LogP contribution in [0.15, 0.2) is 34.6 Å². The minimum absolute atomic E-state index is 0.00663. The van der Waals surface area contributed by atoms with E-state index in [4.69, 9.17) is 4.42 Å². The SMILES string of the molecule is C=CCn1c(S[C@H](C)C(=O)N[C@@H]2CCS(=O)(=O)C2)nnc1-c1ccoc1C. The summed E-state index contributed by atoms with van der Waals surface area (Å²) < 4.78 is 30.3. The first kappa shape index (κ1) is 19.7. The van der Waals surface area contributed by atoms with E-state index in [2.05, 4.69) is 22.1 Å². The first-order valence-electron chi connectivity index (χ1n) is 8.56. The molecule has 0 saturated carbocycles. The van der Waals surface area contributed by atoms with Gasteiger partial charge in [-0.3, -0.25) is 9.36 Å². The molecule has 2 atom stereocenters. The lowest BCUT2D eigenvalue weighted by molar-refractivity contribution is -0.120. The molecule has 0 radical (unpaired) electrons. The van der Waals surface area contributed by atoms with Crippen LogP contribution in [-0.4, -0.2) is 51.9 Å². The van der Waals surface area contributed by atoms with Crippen LogP contribution >= 0.6 is 11.8 Å². The number of allylic oxidation sites excluding steroid dienone is 1. The molecule has 2 aromatic heterocycles. The van der Waals surface area contributed by atoms with Gasteiger partial charge in [0.25, 0.3) is 0 Å². The molecule has 10 heteroatoms. The van der Waals surface area contributed by atoms with Crippen molar-refractivity contribution in [3.8, 4) is 11.4 Å². The van der Waals surface area contributed by atoms with Crippen LogP contribution < -0.4 is 5.32 Å². The Morgan fingerprint density at radius 3 is 2.93 bits per heavy atom. The minimum Gasteiger partial charge on any atom is -0.469 e. The Hall–Kier alpha value is -2.07. The zero-order valence-corrected chi connectivity index (χ0v) is 16.8. The van der Waals surface area contributed by atoms with Gasteiger partial charge in [0.15, 0.2) is 20.8 Å². The van der Waals surface area contributed by atoms with E-state index in [0.29, 0.717) is 23.9 Å². The molecule has 3 rings (SSSR count). The molecule has 1 aliphatic rings. The summed E-state index contributed by atoms with van der Waals surface area (Å²) in [7, 11) is -3.03. The molecule has 1 amide bonds. The summed E-state index contributed by atoms with van der Waals surface area (Å²) in [4.78, 5) is 12.5. The maximum Gasteiger partial charge on any atom is 0.233 e. The smallest absolute Gasteiger partial charge is 0.233 e. The predicted octanol–water partition coefficient (Wildman–Crippen LogP) is 1.82. The Labute approximate surface area is 162 Å². The van der Waals surface area contributed by atoms with Crippen molar-refractivity contribution in [2.24, 2.45) is 0 Å². The van der Waals surface area contributed by atoms with Gasteiger partial charge in [-0.2, -0.15) is 0 Å². The third kappa shape index (κ3) is 4.44. The van der Waals surface area contributed by atoms with E-state index in [1.165, 1.54) is 11.8 Å². The second kappa shape index (κ2) is 7.89. The van der Waals surface area contributed by atoms with Gasteiger partial charge in [-0.05, 0) is 26.3 Å². The number of rotatable bonds is 7. The lowest BCUT2D eigenvalue weighted by atomic mass is 10.2. The van der Waals surface area contributed by atoms with Crippen molar-refractivity contribution < 1.29 is 17.6 Å². The third-order valence-corrected chi connectivity index (χ3v) is 7.21. The summed E-state index contributed by atoms with van der Waals surface area (Å²) >= 11 is 1.27. The summed E-state index contributed by atoms with van der Waals surface area (Å²) in [5.74, 6) is 1.31. The molecule has 0 bridgehead atoms. The fourth-order valence-corrected chi connectivity index (χ4v) is 5.47. The van der Waals surface area contributed by atoms with E-state index < -0.39 is 15.1 Å². The van der Waals surface area contributed by atoms with Crippen LogP contribution in [0.4, 0.5) is 0 Å². The molecule has 0 aromatic carbocycles. The third-order valence-electron chi connectivity index (χ3n) is 4.36. The zero-order valence-electron chi connectivity index (χ0n) is 15.2. The van der Waals surface area contributed by atoms with Crippen molar-refractivity contribution in [1.29, 1.82) is 0 Å². The number of amides is 1. The van der Waals surface area contributed by atoms with Crippen molar-refractivity contribution in [2.45, 2.75) is 43.3 Å². The van der Waals surface area contributed by atoms with E-state index in [-0.39, 0.29) is 23.5 Å². The summed E-state index contributed by atoms with van der Waals surface area (Å²) in [5.41, 5.74) is 0.837. The van der Waals surface area contributed by atoms with Gasteiger partial charge in [0.05, 0.1) is 28.6 Å². The molecule has 146 valence electrons. The number of hydrogen-bond acceptors (Lipinski definition) is 7. The molecule has 2 aromatic rings. The average molecular weight is 411 g/mol. The quantitative estimate of drug-likeness (QED) is 0.548. The van der Waals surface area contributed by atoms with Gasteiger partial charge in [-0.1, -0.05) is 17.8 Å². The van der Waals surface area contributed by atoms with Crippen molar-refractivity contribution in [2.75, 3.05) is 11.5 Å². The van der Waals surface area contributed by atoms with Crippen molar-refractivity contribution >= 4 is 27.5 Å². The van der Waals surface area contributed by atoms with Crippen molar-refractivity contribution in [1.82, 2.24) is 20.1 Å². The first-order valence-corrected chi connectivity index (χ1v) is 11.3. The van der Waals surface area contributed by atoms with E-state index in [9.17, 15) is 13.2 Å². The van der Waals surface area contributed by atoms with Gasteiger partial charge in [-0.15, -0.1) is 16.8 Å². The summed E-state index contributed by atoms with van der Waals surface area (Å²) in [6.07, 6.45) is 3.79. The number of hydrogen-bond donors (Lipinski definition) is 1. The number of furan rings is 1. The summed E-state index contributed by atoms with van der Waals surface area (Å²) in [6.45, 7) is 7.87. The van der Waals surface area contributed by atoms with E-state index in [0.717, 1.165) is 11.3 Å². The second-order valence-electron chi connectivity index (χ2n) is 6.46. The van der Waals surface area contributed by atoms with E-state index in [1.54, 1.807) is 19.3 Å². The van der Waals surface area contributed by atoms with Crippen molar-refractivity contribution in [3.05, 3.63) is 30.7 Å². The molecule has 1 fully saturated rings. The van der Waals surface area contributed by atoms with Gasteiger partial charge in [0.2, 0.25) is 5.91 Å². The molecule has 0 unspecified atom stereocenters. The predicted molar refractivity (Wildman–Crippen MR) is 103 cm³/mol. The highest BCUT2D eigenvalue weighted by Crippen LogP contribution is 2.29. The molecule has 27 heavy (non-hydrogen) atoms. The van der Waals surface area contributed by atoms with Crippen LogP contribution in [-0.2, 0) is 21.2 Å². The largest absolute Gasteiger partial charge is 0.469 e. The van der Waals surface area contributed by atoms with Gasteiger partial charge >= 0.3 is 0 Å². The van der Waals surface area contributed by atoms with Gasteiger partial charge in [-0.25, -0.2) is 8.42 Å². The Balaban J connectivity index is 1.73. The molecule has 1 N–H and O–H groups in total. The van der Waals surface area contributed by atoms with Crippen LogP contribution in [0.1, 0.15) is 19.1 Å².